The molecule has 0 unspecified atom stereocenters. The largest absolute Gasteiger partial charge is 0.487 e. The van der Waals surface area contributed by atoms with Crippen LogP contribution in [-0.2, 0) is 4.74 Å². The molecule has 0 saturated carbocycles. The summed E-state index contributed by atoms with van der Waals surface area (Å²) in [6.07, 6.45) is 2.73. The van der Waals surface area contributed by atoms with Crippen LogP contribution in [0.3, 0.4) is 0 Å². The number of benzene rings is 1. The second-order valence-electron chi connectivity index (χ2n) is 6.26. The average Bonchev–Trinajstić information content (AvgIpc) is 3.08. The molecule has 0 spiro atoms. The van der Waals surface area contributed by atoms with Gasteiger partial charge in [0.05, 0.1) is 17.6 Å². The van der Waals surface area contributed by atoms with Crippen molar-refractivity contribution in [3.05, 3.63) is 28.3 Å². The topological polar surface area (TPSA) is 68.1 Å². The molecule has 2 aliphatic heterocycles. The molecule has 7 heteroatoms. The van der Waals surface area contributed by atoms with Crippen molar-refractivity contribution in [2.24, 2.45) is 0 Å². The standard InChI is InChI=1S/C17H25N3O4/c1-2-23-17-12-14(5-6-16(17)20(21)22)19-9-7-18(8-10-19)13-15-4-3-11-24-15/h5-6,12,15H,2-4,7-11,13H2,1H3/t15-/m0/s1. The molecule has 2 saturated heterocycles. The van der Waals surface area contributed by atoms with E-state index in [9.17, 15) is 10.1 Å². The molecule has 132 valence electrons. The Bertz CT molecular complexity index is 567. The lowest BCUT2D eigenvalue weighted by Crippen LogP contribution is -2.48. The molecule has 2 fully saturated rings. The van der Waals surface area contributed by atoms with Crippen LogP contribution in [0.1, 0.15) is 19.8 Å². The second-order valence-corrected chi connectivity index (χ2v) is 6.26. The zero-order valence-electron chi connectivity index (χ0n) is 14.1. The number of nitrogens with zero attached hydrogens (tertiary/aromatic N) is 3. The average molecular weight is 335 g/mol. The summed E-state index contributed by atoms with van der Waals surface area (Å²) in [5.41, 5.74) is 1.01. The molecule has 1 atom stereocenters. The zero-order chi connectivity index (χ0) is 16.9. The molecule has 0 N–H and O–H groups in total. The van der Waals surface area contributed by atoms with Crippen molar-refractivity contribution in [3.8, 4) is 5.75 Å². The van der Waals surface area contributed by atoms with Gasteiger partial charge in [-0.2, -0.15) is 0 Å². The second kappa shape index (κ2) is 7.81. The molecule has 1 aromatic rings. The summed E-state index contributed by atoms with van der Waals surface area (Å²) in [7, 11) is 0. The van der Waals surface area contributed by atoms with Gasteiger partial charge in [0.15, 0.2) is 5.75 Å². The Morgan fingerprint density at radius 2 is 2.12 bits per heavy atom. The predicted octanol–water partition coefficient (Wildman–Crippen LogP) is 2.29. The molecule has 7 nitrogen and oxygen atoms in total. The summed E-state index contributed by atoms with van der Waals surface area (Å²) in [5, 5.41) is 11.1. The van der Waals surface area contributed by atoms with Crippen LogP contribution >= 0.6 is 0 Å². The molecule has 0 radical (unpaired) electrons. The Labute approximate surface area is 142 Å². The maximum absolute atomic E-state index is 11.1. The van der Waals surface area contributed by atoms with Crippen molar-refractivity contribution in [2.45, 2.75) is 25.9 Å². The van der Waals surface area contributed by atoms with E-state index in [1.165, 1.54) is 12.8 Å². The van der Waals surface area contributed by atoms with Crippen molar-refractivity contribution < 1.29 is 14.4 Å². The van der Waals surface area contributed by atoms with Gasteiger partial charge in [0, 0.05) is 57.2 Å². The van der Waals surface area contributed by atoms with Crippen LogP contribution in [0.5, 0.6) is 5.75 Å². The van der Waals surface area contributed by atoms with Crippen molar-refractivity contribution >= 4 is 11.4 Å². The third-order valence-corrected chi connectivity index (χ3v) is 4.66. The van der Waals surface area contributed by atoms with E-state index in [-0.39, 0.29) is 5.69 Å². The number of ether oxygens (including phenoxy) is 2. The van der Waals surface area contributed by atoms with Crippen LogP contribution in [0.25, 0.3) is 0 Å². The van der Waals surface area contributed by atoms with Crippen LogP contribution in [0, 0.1) is 10.1 Å². The zero-order valence-corrected chi connectivity index (χ0v) is 14.1. The van der Waals surface area contributed by atoms with Crippen molar-refractivity contribution in [1.82, 2.24) is 4.90 Å². The summed E-state index contributed by atoms with van der Waals surface area (Å²) in [5.74, 6) is 0.349. The number of hydrogen-bond acceptors (Lipinski definition) is 6. The van der Waals surface area contributed by atoms with E-state index in [0.717, 1.165) is 45.0 Å². The van der Waals surface area contributed by atoms with Gasteiger partial charge in [0.1, 0.15) is 0 Å². The van der Waals surface area contributed by atoms with Gasteiger partial charge in [-0.15, -0.1) is 0 Å². The van der Waals surface area contributed by atoms with Crippen molar-refractivity contribution in [1.29, 1.82) is 0 Å². The van der Waals surface area contributed by atoms with E-state index < -0.39 is 4.92 Å². The summed E-state index contributed by atoms with van der Waals surface area (Å²) in [6, 6.07) is 5.15. The number of nitro benzene ring substituents is 1. The first kappa shape index (κ1) is 17.0. The minimum atomic E-state index is -0.395. The molecule has 2 aliphatic rings. The van der Waals surface area contributed by atoms with Gasteiger partial charge in [0.25, 0.3) is 0 Å². The minimum absolute atomic E-state index is 0.0256. The molecule has 3 rings (SSSR count). The first-order valence-electron chi connectivity index (χ1n) is 8.67. The maximum Gasteiger partial charge on any atom is 0.311 e. The first-order valence-corrected chi connectivity index (χ1v) is 8.67. The fraction of sp³-hybridized carbons (Fsp3) is 0.647. The molecule has 0 aromatic heterocycles. The monoisotopic (exact) mass is 335 g/mol. The first-order chi connectivity index (χ1) is 11.7. The highest BCUT2D eigenvalue weighted by Crippen LogP contribution is 2.32. The number of nitro groups is 1. The Morgan fingerprint density at radius 1 is 1.33 bits per heavy atom. The molecular weight excluding hydrogens is 310 g/mol. The summed E-state index contributed by atoms with van der Waals surface area (Å²) in [4.78, 5) is 15.4. The number of hydrogen-bond donors (Lipinski definition) is 0. The van der Waals surface area contributed by atoms with Crippen LogP contribution < -0.4 is 9.64 Å². The van der Waals surface area contributed by atoms with Gasteiger partial charge in [-0.05, 0) is 25.8 Å². The molecular formula is C17H25N3O4. The van der Waals surface area contributed by atoms with Crippen LogP contribution in [0.2, 0.25) is 0 Å². The van der Waals surface area contributed by atoms with E-state index in [2.05, 4.69) is 9.80 Å². The Hall–Kier alpha value is -1.86. The fourth-order valence-corrected chi connectivity index (χ4v) is 3.39. The molecule has 0 bridgehead atoms. The molecule has 24 heavy (non-hydrogen) atoms. The third-order valence-electron chi connectivity index (χ3n) is 4.66. The van der Waals surface area contributed by atoms with Gasteiger partial charge < -0.3 is 14.4 Å². The lowest BCUT2D eigenvalue weighted by Gasteiger charge is -2.37. The summed E-state index contributed by atoms with van der Waals surface area (Å²) in [6.45, 7) is 7.96. The highest BCUT2D eigenvalue weighted by molar-refractivity contribution is 5.59. The Balaban J connectivity index is 1.61. The van der Waals surface area contributed by atoms with Gasteiger partial charge in [0.2, 0.25) is 0 Å². The normalized spacial score (nSPS) is 21.9. The lowest BCUT2D eigenvalue weighted by atomic mass is 10.2. The molecule has 0 amide bonds. The van der Waals surface area contributed by atoms with E-state index in [0.29, 0.717) is 18.5 Å². The van der Waals surface area contributed by atoms with Gasteiger partial charge >= 0.3 is 5.69 Å². The highest BCUT2D eigenvalue weighted by atomic mass is 16.6. The Kier molecular flexibility index (Phi) is 5.52. The van der Waals surface area contributed by atoms with E-state index in [1.54, 1.807) is 12.1 Å². The van der Waals surface area contributed by atoms with E-state index in [4.69, 9.17) is 9.47 Å². The van der Waals surface area contributed by atoms with E-state index in [1.807, 2.05) is 13.0 Å². The summed E-state index contributed by atoms with van der Waals surface area (Å²) < 4.78 is 11.2. The number of anilines is 1. The highest BCUT2D eigenvalue weighted by Gasteiger charge is 2.24. The van der Waals surface area contributed by atoms with Crippen LogP contribution in [0.4, 0.5) is 11.4 Å². The Morgan fingerprint density at radius 3 is 2.75 bits per heavy atom. The summed E-state index contributed by atoms with van der Waals surface area (Å²) >= 11 is 0. The molecule has 2 heterocycles. The third kappa shape index (κ3) is 3.96. The van der Waals surface area contributed by atoms with Crippen molar-refractivity contribution in [2.75, 3.05) is 50.8 Å². The molecule has 0 aliphatic carbocycles. The van der Waals surface area contributed by atoms with Gasteiger partial charge in [-0.3, -0.25) is 15.0 Å². The van der Waals surface area contributed by atoms with Crippen molar-refractivity contribution in [3.63, 3.8) is 0 Å². The van der Waals surface area contributed by atoms with Crippen LogP contribution in [0.15, 0.2) is 18.2 Å². The van der Waals surface area contributed by atoms with Gasteiger partial charge in [-0.25, -0.2) is 0 Å². The smallest absolute Gasteiger partial charge is 0.311 e. The lowest BCUT2D eigenvalue weighted by molar-refractivity contribution is -0.385. The van der Waals surface area contributed by atoms with E-state index >= 15 is 0 Å². The van der Waals surface area contributed by atoms with Gasteiger partial charge in [-0.1, -0.05) is 0 Å². The minimum Gasteiger partial charge on any atom is -0.487 e. The quantitative estimate of drug-likeness (QED) is 0.587. The number of piperazine rings is 1. The SMILES string of the molecule is CCOc1cc(N2CCN(C[C@@H]3CCCO3)CC2)ccc1[N+](=O)[O-]. The van der Waals surface area contributed by atoms with Crippen LogP contribution in [-0.4, -0.2) is 61.9 Å². The maximum atomic E-state index is 11.1. The fourth-order valence-electron chi connectivity index (χ4n) is 3.39. The predicted molar refractivity (Wildman–Crippen MR) is 91.9 cm³/mol. The molecule has 1 aromatic carbocycles. The number of rotatable bonds is 6.